The summed E-state index contributed by atoms with van der Waals surface area (Å²) in [5, 5.41) is 4.60. The standard InChI is InChI=1S/C14H16FN3O3S2/c1-3-18(4-2)23(20,21)12-9-10(5-6-11(12)15)13(19)17-14-16-7-8-22-14/h5-9H,3-4H2,1-2H3,(H,16,17,19). The van der Waals surface area contributed by atoms with Crippen molar-refractivity contribution in [3.63, 3.8) is 0 Å². The van der Waals surface area contributed by atoms with Crippen molar-refractivity contribution in [3.8, 4) is 0 Å². The normalized spacial score (nSPS) is 11.7. The molecule has 0 spiro atoms. The van der Waals surface area contributed by atoms with Gasteiger partial charge in [0.15, 0.2) is 5.13 Å². The van der Waals surface area contributed by atoms with Gasteiger partial charge in [-0.2, -0.15) is 4.31 Å². The van der Waals surface area contributed by atoms with E-state index in [0.29, 0.717) is 5.13 Å². The Kier molecular flexibility index (Phi) is 5.45. The third-order valence-electron chi connectivity index (χ3n) is 3.17. The number of hydrogen-bond acceptors (Lipinski definition) is 5. The number of halogens is 1. The minimum atomic E-state index is -3.98. The van der Waals surface area contributed by atoms with Crippen LogP contribution in [0.15, 0.2) is 34.7 Å². The Balaban J connectivity index is 2.37. The molecule has 1 aromatic carbocycles. The third-order valence-corrected chi connectivity index (χ3v) is 5.92. The fourth-order valence-electron chi connectivity index (χ4n) is 2.00. The smallest absolute Gasteiger partial charge is 0.257 e. The summed E-state index contributed by atoms with van der Waals surface area (Å²) in [5.74, 6) is -1.43. The number of nitrogens with zero attached hydrogens (tertiary/aromatic N) is 2. The maximum atomic E-state index is 14.0. The van der Waals surface area contributed by atoms with Crippen molar-refractivity contribution in [2.45, 2.75) is 18.7 Å². The lowest BCUT2D eigenvalue weighted by Gasteiger charge is -2.19. The number of carbonyl (C=O) groups is 1. The van der Waals surface area contributed by atoms with Crippen LogP contribution in [-0.2, 0) is 10.0 Å². The van der Waals surface area contributed by atoms with Crippen molar-refractivity contribution >= 4 is 32.4 Å². The Hall–Kier alpha value is -1.84. The molecular weight excluding hydrogens is 341 g/mol. The van der Waals surface area contributed by atoms with Gasteiger partial charge in [-0.25, -0.2) is 17.8 Å². The van der Waals surface area contributed by atoms with Gasteiger partial charge in [-0.1, -0.05) is 13.8 Å². The fraction of sp³-hybridized carbons (Fsp3) is 0.286. The number of amides is 1. The van der Waals surface area contributed by atoms with Gasteiger partial charge in [0.05, 0.1) is 0 Å². The summed E-state index contributed by atoms with van der Waals surface area (Å²) in [7, 11) is -3.98. The molecule has 124 valence electrons. The monoisotopic (exact) mass is 357 g/mol. The van der Waals surface area contributed by atoms with E-state index in [-0.39, 0.29) is 18.7 Å². The number of nitrogens with one attached hydrogen (secondary N) is 1. The molecule has 1 amide bonds. The van der Waals surface area contributed by atoms with Crippen LogP contribution in [0.4, 0.5) is 9.52 Å². The van der Waals surface area contributed by atoms with Crippen LogP contribution in [0.2, 0.25) is 0 Å². The van der Waals surface area contributed by atoms with Gasteiger partial charge in [-0.15, -0.1) is 11.3 Å². The maximum absolute atomic E-state index is 14.0. The van der Waals surface area contributed by atoms with Gasteiger partial charge in [-0.05, 0) is 18.2 Å². The van der Waals surface area contributed by atoms with Gasteiger partial charge >= 0.3 is 0 Å². The molecule has 0 bridgehead atoms. The molecule has 0 saturated carbocycles. The van der Waals surface area contributed by atoms with E-state index in [0.717, 1.165) is 16.4 Å². The lowest BCUT2D eigenvalue weighted by atomic mass is 10.2. The van der Waals surface area contributed by atoms with Gasteiger partial charge in [0.25, 0.3) is 5.91 Å². The molecule has 0 saturated heterocycles. The van der Waals surface area contributed by atoms with E-state index in [1.165, 1.54) is 23.6 Å². The second kappa shape index (κ2) is 7.16. The first kappa shape index (κ1) is 17.5. The molecule has 0 radical (unpaired) electrons. The van der Waals surface area contributed by atoms with Crippen LogP contribution in [0.3, 0.4) is 0 Å². The van der Waals surface area contributed by atoms with Gasteiger partial charge in [0.1, 0.15) is 10.7 Å². The number of aromatic nitrogens is 1. The highest BCUT2D eigenvalue weighted by Crippen LogP contribution is 2.21. The highest BCUT2D eigenvalue weighted by Gasteiger charge is 2.26. The highest BCUT2D eigenvalue weighted by atomic mass is 32.2. The SMILES string of the molecule is CCN(CC)S(=O)(=O)c1cc(C(=O)Nc2nccs2)ccc1F. The van der Waals surface area contributed by atoms with Gasteiger partial charge < -0.3 is 0 Å². The van der Waals surface area contributed by atoms with Crippen LogP contribution in [0.1, 0.15) is 24.2 Å². The van der Waals surface area contributed by atoms with Crippen molar-refractivity contribution in [2.24, 2.45) is 0 Å². The van der Waals surface area contributed by atoms with Crippen LogP contribution in [0.25, 0.3) is 0 Å². The molecular formula is C14H16FN3O3S2. The topological polar surface area (TPSA) is 79.4 Å². The van der Waals surface area contributed by atoms with Crippen LogP contribution >= 0.6 is 11.3 Å². The Morgan fingerprint density at radius 2 is 2.04 bits per heavy atom. The van der Waals surface area contributed by atoms with E-state index in [1.54, 1.807) is 19.2 Å². The predicted octanol–water partition coefficient (Wildman–Crippen LogP) is 2.57. The molecule has 1 aromatic heterocycles. The summed E-state index contributed by atoms with van der Waals surface area (Å²) in [6.45, 7) is 3.76. The number of rotatable bonds is 6. The zero-order valence-electron chi connectivity index (χ0n) is 12.6. The Morgan fingerprint density at radius 1 is 1.35 bits per heavy atom. The van der Waals surface area contributed by atoms with Crippen LogP contribution in [-0.4, -0.2) is 36.7 Å². The highest BCUT2D eigenvalue weighted by molar-refractivity contribution is 7.89. The summed E-state index contributed by atoms with van der Waals surface area (Å²) in [4.78, 5) is 15.5. The molecule has 0 aliphatic carbocycles. The van der Waals surface area contributed by atoms with Gasteiger partial charge in [0.2, 0.25) is 10.0 Å². The number of anilines is 1. The van der Waals surface area contributed by atoms with E-state index in [9.17, 15) is 17.6 Å². The first-order valence-corrected chi connectivity index (χ1v) is 9.22. The zero-order valence-corrected chi connectivity index (χ0v) is 14.2. The van der Waals surface area contributed by atoms with Crippen LogP contribution in [0, 0.1) is 5.82 Å². The number of carbonyl (C=O) groups excluding carboxylic acids is 1. The third kappa shape index (κ3) is 3.74. The molecule has 0 aliphatic rings. The van der Waals surface area contributed by atoms with Crippen molar-refractivity contribution in [2.75, 3.05) is 18.4 Å². The van der Waals surface area contributed by atoms with Crippen molar-refractivity contribution in [3.05, 3.63) is 41.2 Å². The number of thiazole rings is 1. The minimum absolute atomic E-state index is 0.0485. The van der Waals surface area contributed by atoms with Gasteiger partial charge in [0, 0.05) is 30.2 Å². The minimum Gasteiger partial charge on any atom is -0.298 e. The van der Waals surface area contributed by atoms with Crippen molar-refractivity contribution in [1.82, 2.24) is 9.29 Å². The number of sulfonamides is 1. The Labute approximate surface area is 138 Å². The summed E-state index contributed by atoms with van der Waals surface area (Å²) >= 11 is 1.23. The second-order valence-electron chi connectivity index (χ2n) is 4.53. The molecule has 0 atom stereocenters. The first-order chi connectivity index (χ1) is 10.9. The van der Waals surface area contributed by atoms with E-state index in [2.05, 4.69) is 10.3 Å². The Bertz CT molecular complexity index is 788. The number of hydrogen-bond donors (Lipinski definition) is 1. The summed E-state index contributed by atoms with van der Waals surface area (Å²) in [6.07, 6.45) is 1.53. The molecule has 2 aromatic rings. The second-order valence-corrected chi connectivity index (χ2v) is 7.33. The molecule has 0 fully saturated rings. The van der Waals surface area contributed by atoms with Crippen LogP contribution in [0.5, 0.6) is 0 Å². The molecule has 2 rings (SSSR count). The lowest BCUT2D eigenvalue weighted by Crippen LogP contribution is -2.31. The summed E-state index contributed by atoms with van der Waals surface area (Å²) in [5.41, 5.74) is 0.0485. The van der Waals surface area contributed by atoms with Crippen molar-refractivity contribution in [1.29, 1.82) is 0 Å². The summed E-state index contributed by atoms with van der Waals surface area (Å²) < 4.78 is 40.0. The van der Waals surface area contributed by atoms with Gasteiger partial charge in [-0.3, -0.25) is 10.1 Å². The quantitative estimate of drug-likeness (QED) is 0.862. The average Bonchev–Trinajstić information content (AvgIpc) is 3.01. The molecule has 6 nitrogen and oxygen atoms in total. The predicted molar refractivity (Wildman–Crippen MR) is 86.6 cm³/mol. The largest absolute Gasteiger partial charge is 0.298 e. The molecule has 1 heterocycles. The maximum Gasteiger partial charge on any atom is 0.257 e. The van der Waals surface area contributed by atoms with Crippen molar-refractivity contribution < 1.29 is 17.6 Å². The molecule has 1 N–H and O–H groups in total. The summed E-state index contributed by atoms with van der Waals surface area (Å²) in [6, 6.07) is 3.26. The molecule has 0 aliphatic heterocycles. The first-order valence-electron chi connectivity index (χ1n) is 6.90. The van der Waals surface area contributed by atoms with E-state index < -0.39 is 26.6 Å². The fourth-order valence-corrected chi connectivity index (χ4v) is 4.07. The Morgan fingerprint density at radius 3 is 2.61 bits per heavy atom. The molecule has 23 heavy (non-hydrogen) atoms. The lowest BCUT2D eigenvalue weighted by molar-refractivity contribution is 0.102. The molecule has 0 unspecified atom stereocenters. The van der Waals surface area contributed by atoms with Crippen LogP contribution < -0.4 is 5.32 Å². The molecule has 9 heteroatoms. The van der Waals surface area contributed by atoms with E-state index >= 15 is 0 Å². The van der Waals surface area contributed by atoms with E-state index in [4.69, 9.17) is 0 Å². The average molecular weight is 357 g/mol. The number of benzene rings is 1. The van der Waals surface area contributed by atoms with E-state index in [1.807, 2.05) is 0 Å². The zero-order chi connectivity index (χ0) is 17.0.